The predicted octanol–water partition coefficient (Wildman–Crippen LogP) is -0.0511. The lowest BCUT2D eigenvalue weighted by Gasteiger charge is -2.20. The summed E-state index contributed by atoms with van der Waals surface area (Å²) in [5, 5.41) is 5.38. The maximum atomic E-state index is 11.6. The Labute approximate surface area is 84.5 Å². The van der Waals surface area contributed by atoms with Gasteiger partial charge in [0.2, 0.25) is 0 Å². The third-order valence-electron chi connectivity index (χ3n) is 1.39. The quantitative estimate of drug-likeness (QED) is 0.439. The third kappa shape index (κ3) is 3.93. The third-order valence-corrected chi connectivity index (χ3v) is 1.39. The molecule has 0 aliphatic carbocycles. The van der Waals surface area contributed by atoms with Gasteiger partial charge in [-0.3, -0.25) is 9.79 Å². The van der Waals surface area contributed by atoms with Crippen LogP contribution in [0.5, 0.6) is 0 Å². The van der Waals surface area contributed by atoms with E-state index in [4.69, 9.17) is 5.73 Å². The average molecular weight is 198 g/mol. The molecule has 0 rings (SSSR count). The molecule has 5 nitrogen and oxygen atoms in total. The molecule has 0 saturated carbocycles. The van der Waals surface area contributed by atoms with Crippen LogP contribution >= 0.6 is 0 Å². The fourth-order valence-electron chi connectivity index (χ4n) is 0.797. The van der Waals surface area contributed by atoms with Crippen molar-refractivity contribution >= 4 is 12.6 Å². The lowest BCUT2D eigenvalue weighted by Crippen LogP contribution is -2.42. The van der Waals surface area contributed by atoms with E-state index in [1.54, 1.807) is 7.05 Å². The highest BCUT2D eigenvalue weighted by Gasteiger charge is 2.18. The molecule has 5 heteroatoms. The van der Waals surface area contributed by atoms with Gasteiger partial charge in [0, 0.05) is 12.6 Å². The van der Waals surface area contributed by atoms with E-state index in [1.807, 2.05) is 20.8 Å². The maximum absolute atomic E-state index is 11.6. The van der Waals surface area contributed by atoms with Crippen LogP contribution in [0.15, 0.2) is 16.5 Å². The van der Waals surface area contributed by atoms with E-state index in [9.17, 15) is 4.79 Å². The van der Waals surface area contributed by atoms with Crippen molar-refractivity contribution in [1.82, 2.24) is 10.6 Å². The second-order valence-electron chi connectivity index (χ2n) is 3.87. The first-order chi connectivity index (χ1) is 6.31. The summed E-state index contributed by atoms with van der Waals surface area (Å²) in [7, 11) is 1.62. The van der Waals surface area contributed by atoms with Gasteiger partial charge in [-0.1, -0.05) is 0 Å². The van der Waals surface area contributed by atoms with Gasteiger partial charge in [0.25, 0.3) is 5.91 Å². The molecule has 0 bridgehead atoms. The topological polar surface area (TPSA) is 79.5 Å². The van der Waals surface area contributed by atoms with Gasteiger partial charge in [-0.25, -0.2) is 0 Å². The summed E-state index contributed by atoms with van der Waals surface area (Å²) in [4.78, 5) is 15.1. The number of nitrogens with zero attached hydrogens (tertiary/aromatic N) is 1. The van der Waals surface area contributed by atoms with Crippen molar-refractivity contribution in [3.05, 3.63) is 11.5 Å². The van der Waals surface area contributed by atoms with Crippen LogP contribution in [0, 0.1) is 0 Å². The number of carbonyl (C=O) groups is 1. The van der Waals surface area contributed by atoms with E-state index < -0.39 is 0 Å². The molecule has 0 fully saturated rings. The average Bonchev–Trinajstić information content (AvgIpc) is 2.01. The summed E-state index contributed by atoms with van der Waals surface area (Å²) in [6.07, 6.45) is 0. The van der Waals surface area contributed by atoms with E-state index in [-0.39, 0.29) is 23.0 Å². The summed E-state index contributed by atoms with van der Waals surface area (Å²) in [6, 6.07) is 0. The van der Waals surface area contributed by atoms with Crippen molar-refractivity contribution in [1.29, 1.82) is 0 Å². The molecule has 80 valence electrons. The summed E-state index contributed by atoms with van der Waals surface area (Å²) >= 11 is 0. The highest BCUT2D eigenvalue weighted by molar-refractivity contribution is 5.94. The summed E-state index contributed by atoms with van der Waals surface area (Å²) in [5.41, 5.74) is 5.32. The van der Waals surface area contributed by atoms with Crippen molar-refractivity contribution in [2.45, 2.75) is 26.3 Å². The number of hydrogen-bond acceptors (Lipinski definition) is 4. The molecule has 14 heavy (non-hydrogen) atoms. The van der Waals surface area contributed by atoms with Crippen molar-refractivity contribution in [2.24, 2.45) is 10.7 Å². The zero-order chi connectivity index (χ0) is 11.4. The van der Waals surface area contributed by atoms with Crippen LogP contribution in [0.25, 0.3) is 0 Å². The highest BCUT2D eigenvalue weighted by atomic mass is 16.2. The largest absolute Gasteiger partial charge is 0.384 e. The zero-order valence-electron chi connectivity index (χ0n) is 9.14. The van der Waals surface area contributed by atoms with Gasteiger partial charge in [0.05, 0.1) is 0 Å². The molecule has 0 aliphatic rings. The van der Waals surface area contributed by atoms with E-state index in [0.717, 1.165) is 0 Å². The number of aliphatic imine (C=N–C) groups is 1. The number of rotatable bonds is 3. The Kier molecular flexibility index (Phi) is 4.14. The predicted molar refractivity (Wildman–Crippen MR) is 57.7 cm³/mol. The SMILES string of the molecule is C=N/C(C(=O)NC(C)(C)C)=C(/N)NC. The Hall–Kier alpha value is -1.52. The second-order valence-corrected chi connectivity index (χ2v) is 3.87. The second kappa shape index (κ2) is 4.64. The van der Waals surface area contributed by atoms with Gasteiger partial charge in [-0.2, -0.15) is 0 Å². The molecule has 0 aliphatic heterocycles. The lowest BCUT2D eigenvalue weighted by molar-refractivity contribution is -0.118. The Balaban J connectivity index is 4.74. The number of carbonyl (C=O) groups excluding carboxylic acids is 1. The Morgan fingerprint density at radius 2 is 1.93 bits per heavy atom. The maximum Gasteiger partial charge on any atom is 0.274 e. The minimum atomic E-state index is -0.334. The monoisotopic (exact) mass is 198 g/mol. The number of nitrogens with two attached hydrogens (primary N) is 1. The number of hydrogen-bond donors (Lipinski definition) is 3. The van der Waals surface area contributed by atoms with E-state index in [2.05, 4.69) is 22.3 Å². The first-order valence-corrected chi connectivity index (χ1v) is 4.28. The summed E-state index contributed by atoms with van der Waals surface area (Å²) in [6.45, 7) is 8.92. The van der Waals surface area contributed by atoms with Crippen LogP contribution in [-0.4, -0.2) is 25.2 Å². The lowest BCUT2D eigenvalue weighted by atomic mass is 10.1. The van der Waals surface area contributed by atoms with E-state index >= 15 is 0 Å². The van der Waals surface area contributed by atoms with Crippen molar-refractivity contribution in [2.75, 3.05) is 7.05 Å². The highest BCUT2D eigenvalue weighted by Crippen LogP contribution is 2.04. The summed E-state index contributed by atoms with van der Waals surface area (Å²) < 4.78 is 0. The molecule has 0 aromatic rings. The molecule has 0 atom stereocenters. The van der Waals surface area contributed by atoms with Gasteiger partial charge < -0.3 is 16.4 Å². The molecule has 0 spiro atoms. The minimum absolute atomic E-state index is 0.113. The summed E-state index contributed by atoms with van der Waals surface area (Å²) in [5.74, 6) is -0.124. The van der Waals surface area contributed by atoms with Crippen LogP contribution < -0.4 is 16.4 Å². The van der Waals surface area contributed by atoms with Crippen molar-refractivity contribution in [3.8, 4) is 0 Å². The van der Waals surface area contributed by atoms with Crippen LogP contribution in [-0.2, 0) is 4.79 Å². The molecule has 0 unspecified atom stereocenters. The molecular weight excluding hydrogens is 180 g/mol. The number of nitrogens with one attached hydrogen (secondary N) is 2. The van der Waals surface area contributed by atoms with Gasteiger partial charge in [-0.15, -0.1) is 0 Å². The molecule has 4 N–H and O–H groups in total. The molecule has 0 heterocycles. The van der Waals surface area contributed by atoms with E-state index in [0.29, 0.717) is 0 Å². The van der Waals surface area contributed by atoms with Gasteiger partial charge in [-0.05, 0) is 27.5 Å². The smallest absolute Gasteiger partial charge is 0.274 e. The Bertz CT molecular complexity index is 262. The first kappa shape index (κ1) is 12.5. The Morgan fingerprint density at radius 1 is 1.43 bits per heavy atom. The zero-order valence-corrected chi connectivity index (χ0v) is 9.14. The van der Waals surface area contributed by atoms with Crippen LogP contribution in [0.1, 0.15) is 20.8 Å². The van der Waals surface area contributed by atoms with Crippen molar-refractivity contribution in [3.63, 3.8) is 0 Å². The molecule has 0 aromatic carbocycles. The van der Waals surface area contributed by atoms with Crippen LogP contribution in [0.3, 0.4) is 0 Å². The standard InChI is InChI=1S/C9H18N4O/c1-9(2,3)13-8(14)6(11-4)7(10)12-5/h12H,4,10H2,1-3,5H3,(H,13,14)/b7-6-. The van der Waals surface area contributed by atoms with Gasteiger partial charge >= 0.3 is 0 Å². The molecule has 1 amide bonds. The van der Waals surface area contributed by atoms with Crippen molar-refractivity contribution < 1.29 is 4.79 Å². The van der Waals surface area contributed by atoms with Gasteiger partial charge in [0.15, 0.2) is 5.70 Å². The Morgan fingerprint density at radius 3 is 2.21 bits per heavy atom. The first-order valence-electron chi connectivity index (χ1n) is 4.28. The van der Waals surface area contributed by atoms with Gasteiger partial charge in [0.1, 0.15) is 5.82 Å². The fourth-order valence-corrected chi connectivity index (χ4v) is 0.797. The molecular formula is C9H18N4O. The van der Waals surface area contributed by atoms with Crippen LogP contribution in [0.2, 0.25) is 0 Å². The number of amides is 1. The minimum Gasteiger partial charge on any atom is -0.384 e. The van der Waals surface area contributed by atoms with E-state index in [1.165, 1.54) is 0 Å². The molecule has 0 aromatic heterocycles. The molecule has 0 radical (unpaired) electrons. The van der Waals surface area contributed by atoms with Crippen LogP contribution in [0.4, 0.5) is 0 Å². The normalized spacial score (nSPS) is 12.9. The fraction of sp³-hybridized carbons (Fsp3) is 0.556. The molecule has 0 saturated heterocycles.